The van der Waals surface area contributed by atoms with E-state index in [4.69, 9.17) is 0 Å². The lowest BCUT2D eigenvalue weighted by atomic mass is 10.0. The SMILES string of the molecule is CC(C)[C@H](O)C(=O)N1CCC(n2c(=O)[nH]c3ccccc32)CC1. The largest absolute Gasteiger partial charge is 0.383 e. The van der Waals surface area contributed by atoms with Crippen LogP contribution in [0.25, 0.3) is 11.0 Å². The minimum Gasteiger partial charge on any atom is -0.383 e. The highest BCUT2D eigenvalue weighted by molar-refractivity contribution is 5.81. The van der Waals surface area contributed by atoms with Gasteiger partial charge in [-0.25, -0.2) is 4.79 Å². The van der Waals surface area contributed by atoms with Gasteiger partial charge >= 0.3 is 5.69 Å². The van der Waals surface area contributed by atoms with Gasteiger partial charge in [0.2, 0.25) is 0 Å². The van der Waals surface area contributed by atoms with Crippen molar-refractivity contribution in [1.82, 2.24) is 14.5 Å². The molecule has 1 aliphatic heterocycles. The smallest absolute Gasteiger partial charge is 0.326 e. The number of amides is 1. The van der Waals surface area contributed by atoms with E-state index in [2.05, 4.69) is 4.98 Å². The van der Waals surface area contributed by atoms with Crippen LogP contribution in [0.2, 0.25) is 0 Å². The van der Waals surface area contributed by atoms with E-state index in [0.29, 0.717) is 13.1 Å². The first-order valence-electron chi connectivity index (χ1n) is 8.15. The van der Waals surface area contributed by atoms with Crippen molar-refractivity contribution in [2.24, 2.45) is 5.92 Å². The van der Waals surface area contributed by atoms with Gasteiger partial charge in [-0.15, -0.1) is 0 Å². The Kier molecular flexibility index (Phi) is 4.26. The molecule has 1 amide bonds. The molecule has 0 bridgehead atoms. The number of hydrogen-bond acceptors (Lipinski definition) is 3. The maximum absolute atomic E-state index is 12.2. The predicted molar refractivity (Wildman–Crippen MR) is 88.3 cm³/mol. The molecule has 2 aromatic rings. The Hall–Kier alpha value is -2.08. The van der Waals surface area contributed by atoms with Crippen molar-refractivity contribution in [1.29, 1.82) is 0 Å². The fourth-order valence-corrected chi connectivity index (χ4v) is 3.25. The molecule has 0 unspecified atom stereocenters. The van der Waals surface area contributed by atoms with E-state index in [0.717, 1.165) is 23.9 Å². The molecule has 1 aromatic carbocycles. The quantitative estimate of drug-likeness (QED) is 0.901. The summed E-state index contributed by atoms with van der Waals surface area (Å²) in [4.78, 5) is 29.0. The summed E-state index contributed by atoms with van der Waals surface area (Å²) >= 11 is 0. The highest BCUT2D eigenvalue weighted by Crippen LogP contribution is 2.25. The monoisotopic (exact) mass is 317 g/mol. The highest BCUT2D eigenvalue weighted by atomic mass is 16.3. The number of carbonyl (C=O) groups is 1. The first-order valence-corrected chi connectivity index (χ1v) is 8.15. The number of likely N-dealkylation sites (tertiary alicyclic amines) is 1. The van der Waals surface area contributed by atoms with E-state index >= 15 is 0 Å². The predicted octanol–water partition coefficient (Wildman–Crippen LogP) is 1.51. The Morgan fingerprint density at radius 1 is 1.26 bits per heavy atom. The van der Waals surface area contributed by atoms with Gasteiger partial charge in [0.25, 0.3) is 5.91 Å². The molecule has 1 fully saturated rings. The zero-order valence-corrected chi connectivity index (χ0v) is 13.5. The van der Waals surface area contributed by atoms with Gasteiger partial charge in [0.1, 0.15) is 6.10 Å². The molecule has 0 spiro atoms. The zero-order valence-electron chi connectivity index (χ0n) is 13.5. The topological polar surface area (TPSA) is 78.3 Å². The molecule has 1 saturated heterocycles. The van der Waals surface area contributed by atoms with Crippen molar-refractivity contribution in [2.75, 3.05) is 13.1 Å². The van der Waals surface area contributed by atoms with Gasteiger partial charge in [0, 0.05) is 19.1 Å². The second-order valence-corrected chi connectivity index (χ2v) is 6.56. The standard InChI is InChI=1S/C17H23N3O3/c1-11(2)15(21)16(22)19-9-7-12(8-10-19)20-14-6-4-3-5-13(14)18-17(20)23/h3-6,11-12,15,21H,7-10H2,1-2H3,(H,18,23)/t15-/m0/s1. The Labute approximate surface area is 134 Å². The normalized spacial score (nSPS) is 17.8. The molecule has 23 heavy (non-hydrogen) atoms. The van der Waals surface area contributed by atoms with Gasteiger partial charge in [-0.1, -0.05) is 26.0 Å². The van der Waals surface area contributed by atoms with Gasteiger partial charge < -0.3 is 15.0 Å². The summed E-state index contributed by atoms with van der Waals surface area (Å²) in [5, 5.41) is 9.93. The number of rotatable bonds is 3. The van der Waals surface area contributed by atoms with Crippen molar-refractivity contribution >= 4 is 16.9 Å². The van der Waals surface area contributed by atoms with E-state index in [1.54, 1.807) is 9.47 Å². The molecule has 1 aliphatic rings. The van der Waals surface area contributed by atoms with Crippen LogP contribution in [0, 0.1) is 5.92 Å². The van der Waals surface area contributed by atoms with E-state index in [-0.39, 0.29) is 23.6 Å². The maximum Gasteiger partial charge on any atom is 0.326 e. The molecule has 6 heteroatoms. The number of benzene rings is 1. The first-order chi connectivity index (χ1) is 11.0. The number of aromatic amines is 1. The van der Waals surface area contributed by atoms with Crippen LogP contribution in [0.3, 0.4) is 0 Å². The Morgan fingerprint density at radius 3 is 2.57 bits per heavy atom. The number of aliphatic hydroxyl groups is 1. The first kappa shape index (κ1) is 15.8. The van der Waals surface area contributed by atoms with E-state index in [1.165, 1.54) is 0 Å². The third-order valence-corrected chi connectivity index (χ3v) is 4.65. The van der Waals surface area contributed by atoms with Crippen LogP contribution >= 0.6 is 0 Å². The number of imidazole rings is 1. The molecular formula is C17H23N3O3. The average Bonchev–Trinajstić information content (AvgIpc) is 2.89. The Morgan fingerprint density at radius 2 is 1.91 bits per heavy atom. The molecule has 2 heterocycles. The highest BCUT2D eigenvalue weighted by Gasteiger charge is 2.30. The average molecular weight is 317 g/mol. The molecule has 1 atom stereocenters. The lowest BCUT2D eigenvalue weighted by Crippen LogP contribution is -2.46. The molecule has 3 rings (SSSR count). The number of aromatic nitrogens is 2. The summed E-state index contributed by atoms with van der Waals surface area (Å²) in [5.74, 6) is -0.291. The number of para-hydroxylation sites is 2. The number of piperidine rings is 1. The van der Waals surface area contributed by atoms with Crippen molar-refractivity contribution in [3.05, 3.63) is 34.7 Å². The minimum absolute atomic E-state index is 0.0823. The molecule has 0 radical (unpaired) electrons. The van der Waals surface area contributed by atoms with Crippen LogP contribution in [-0.4, -0.2) is 44.7 Å². The van der Waals surface area contributed by atoms with Gasteiger partial charge in [-0.3, -0.25) is 9.36 Å². The van der Waals surface area contributed by atoms with Crippen LogP contribution in [0.5, 0.6) is 0 Å². The van der Waals surface area contributed by atoms with Gasteiger partial charge in [0.15, 0.2) is 0 Å². The Bertz CT molecular complexity index is 754. The number of H-pyrrole nitrogens is 1. The number of carbonyl (C=O) groups excluding carboxylic acids is 1. The van der Waals surface area contributed by atoms with E-state index in [9.17, 15) is 14.7 Å². The number of aliphatic hydroxyl groups excluding tert-OH is 1. The molecule has 124 valence electrons. The fourth-order valence-electron chi connectivity index (χ4n) is 3.25. The minimum atomic E-state index is -0.942. The summed E-state index contributed by atoms with van der Waals surface area (Å²) in [5.41, 5.74) is 1.65. The summed E-state index contributed by atoms with van der Waals surface area (Å²) in [6.45, 7) is 4.81. The van der Waals surface area contributed by atoms with Crippen LogP contribution in [0.15, 0.2) is 29.1 Å². The van der Waals surface area contributed by atoms with Crippen LogP contribution in [0.1, 0.15) is 32.7 Å². The summed E-state index contributed by atoms with van der Waals surface area (Å²) in [6.07, 6.45) is 0.499. The molecule has 0 saturated carbocycles. The number of hydrogen-bond donors (Lipinski definition) is 2. The maximum atomic E-state index is 12.2. The second kappa shape index (κ2) is 6.20. The van der Waals surface area contributed by atoms with Crippen molar-refractivity contribution in [3.63, 3.8) is 0 Å². The van der Waals surface area contributed by atoms with Crippen LogP contribution < -0.4 is 5.69 Å². The van der Waals surface area contributed by atoms with Crippen molar-refractivity contribution in [2.45, 2.75) is 38.8 Å². The van der Waals surface area contributed by atoms with Gasteiger partial charge in [0.05, 0.1) is 11.0 Å². The number of nitrogens with one attached hydrogen (secondary N) is 1. The van der Waals surface area contributed by atoms with Gasteiger partial charge in [-0.2, -0.15) is 0 Å². The Balaban J connectivity index is 1.75. The lowest BCUT2D eigenvalue weighted by molar-refractivity contribution is -0.143. The summed E-state index contributed by atoms with van der Waals surface area (Å²) < 4.78 is 1.80. The van der Waals surface area contributed by atoms with Crippen molar-refractivity contribution in [3.8, 4) is 0 Å². The van der Waals surface area contributed by atoms with E-state index in [1.807, 2.05) is 38.1 Å². The van der Waals surface area contributed by atoms with Crippen LogP contribution in [0.4, 0.5) is 0 Å². The molecule has 1 aromatic heterocycles. The lowest BCUT2D eigenvalue weighted by Gasteiger charge is -2.34. The number of nitrogens with zero attached hydrogens (tertiary/aromatic N) is 2. The fraction of sp³-hybridized carbons (Fsp3) is 0.529. The summed E-state index contributed by atoms with van der Waals surface area (Å²) in [7, 11) is 0. The molecule has 2 N–H and O–H groups in total. The van der Waals surface area contributed by atoms with Crippen molar-refractivity contribution < 1.29 is 9.90 Å². The van der Waals surface area contributed by atoms with Crippen LogP contribution in [-0.2, 0) is 4.79 Å². The summed E-state index contributed by atoms with van der Waals surface area (Å²) in [6, 6.07) is 7.73. The molecule has 0 aliphatic carbocycles. The van der Waals surface area contributed by atoms with Gasteiger partial charge in [-0.05, 0) is 30.9 Å². The zero-order chi connectivity index (χ0) is 16.6. The third-order valence-electron chi connectivity index (χ3n) is 4.65. The third kappa shape index (κ3) is 2.91. The molecular weight excluding hydrogens is 294 g/mol. The number of fused-ring (bicyclic) bond motifs is 1. The molecule has 6 nitrogen and oxygen atoms in total. The second-order valence-electron chi connectivity index (χ2n) is 6.56. The van der Waals surface area contributed by atoms with E-state index < -0.39 is 6.10 Å².